The molecule has 1 N–H and O–H groups in total. The smallest absolute Gasteiger partial charge is 0.490 e. The summed E-state index contributed by atoms with van der Waals surface area (Å²) >= 11 is 0. The molecule has 12 nitrogen and oxygen atoms in total. The molecule has 5 rings (SSSR count). The van der Waals surface area contributed by atoms with Crippen molar-refractivity contribution in [2.75, 3.05) is 39.6 Å². The zero-order valence-corrected chi connectivity index (χ0v) is 36.5. The summed E-state index contributed by atoms with van der Waals surface area (Å²) in [5.41, 5.74) is 4.23. The summed E-state index contributed by atoms with van der Waals surface area (Å²) in [7, 11) is -5.20. The highest BCUT2D eigenvalue weighted by molar-refractivity contribution is 7.85. The first-order valence-electron chi connectivity index (χ1n) is 19.6. The van der Waals surface area contributed by atoms with E-state index in [1.54, 1.807) is 32.9 Å². The molecule has 0 heterocycles. The molecule has 0 saturated heterocycles. The van der Waals surface area contributed by atoms with Crippen molar-refractivity contribution in [3.8, 4) is 56.4 Å². The molecule has 0 aliphatic rings. The van der Waals surface area contributed by atoms with Crippen molar-refractivity contribution in [1.82, 2.24) is 0 Å². The largest absolute Gasteiger partial charge is 0.508 e. The zero-order chi connectivity index (χ0) is 46.0. The van der Waals surface area contributed by atoms with Crippen molar-refractivity contribution in [3.63, 3.8) is 0 Å². The maximum Gasteiger partial charge on any atom is 0.508 e. The van der Waals surface area contributed by atoms with E-state index in [2.05, 4.69) is 12.6 Å². The first kappa shape index (κ1) is 47.7. The number of carbonyl (C=O) groups is 1. The quantitative estimate of drug-likeness (QED) is 0.0277. The molecule has 0 bridgehead atoms. The first-order chi connectivity index (χ1) is 29.6. The Balaban J connectivity index is 1.29. The van der Waals surface area contributed by atoms with Crippen LogP contribution in [0.1, 0.15) is 41.5 Å². The standard InChI is InChI=1S/C47H49F3O12S/c1-30(61-46(2,3)4)55-20-21-56-37-14-8-31(9-15-37)34-26-35(28-36(27-34)33-12-18-39(19-13-33)58-23-25-60-45(51)62-47(5,6)7)32-10-16-38(17-11-32)57-22-24-59-44-40(48)29-41(63(52,53)54)42(49)43(44)50/h8-19,26-29H,1,20-25H2,2-7H3,(H,52,53,54). The van der Waals surface area contributed by atoms with Crippen LogP contribution in [0.2, 0.25) is 0 Å². The number of rotatable bonds is 19. The lowest BCUT2D eigenvalue weighted by Gasteiger charge is -2.22. The van der Waals surface area contributed by atoms with Crippen molar-refractivity contribution in [3.05, 3.63) is 127 Å². The lowest BCUT2D eigenvalue weighted by molar-refractivity contribution is -0.0473. The Bertz CT molecular complexity index is 2360. The second kappa shape index (κ2) is 20.7. The fourth-order valence-electron chi connectivity index (χ4n) is 5.79. The third-order valence-electron chi connectivity index (χ3n) is 8.45. The zero-order valence-electron chi connectivity index (χ0n) is 35.7. The third kappa shape index (κ3) is 14.6. The van der Waals surface area contributed by atoms with Gasteiger partial charge in [-0.05, 0) is 136 Å². The van der Waals surface area contributed by atoms with E-state index >= 15 is 0 Å². The van der Waals surface area contributed by atoms with Gasteiger partial charge in [-0.15, -0.1) is 0 Å². The van der Waals surface area contributed by atoms with Crippen molar-refractivity contribution < 1.29 is 68.8 Å². The number of carbonyl (C=O) groups excluding carboxylic acids is 1. The molecule has 336 valence electrons. The van der Waals surface area contributed by atoms with Crippen molar-refractivity contribution in [1.29, 1.82) is 0 Å². The molecule has 0 aromatic heterocycles. The molecule has 0 radical (unpaired) electrons. The minimum Gasteiger partial charge on any atom is -0.490 e. The Kier molecular flexibility index (Phi) is 15.6. The van der Waals surface area contributed by atoms with Gasteiger partial charge in [0, 0.05) is 6.07 Å². The van der Waals surface area contributed by atoms with E-state index in [1.807, 2.05) is 93.6 Å². The van der Waals surface area contributed by atoms with E-state index in [9.17, 15) is 26.4 Å². The van der Waals surface area contributed by atoms with Crippen LogP contribution >= 0.6 is 0 Å². The van der Waals surface area contributed by atoms with Crippen LogP contribution in [-0.2, 0) is 29.1 Å². The fraction of sp³-hybridized carbons (Fsp3) is 0.298. The van der Waals surface area contributed by atoms with E-state index in [4.69, 9.17) is 42.4 Å². The van der Waals surface area contributed by atoms with Crippen molar-refractivity contribution in [2.45, 2.75) is 57.6 Å². The molecule has 0 saturated carbocycles. The normalized spacial score (nSPS) is 11.7. The van der Waals surface area contributed by atoms with Gasteiger partial charge in [0.2, 0.25) is 5.82 Å². The molecule has 0 aliphatic carbocycles. The minimum atomic E-state index is -5.20. The van der Waals surface area contributed by atoms with Gasteiger partial charge in [-0.25, -0.2) is 13.6 Å². The summed E-state index contributed by atoms with van der Waals surface area (Å²) < 4.78 is 118. The van der Waals surface area contributed by atoms with Crippen LogP contribution in [0.15, 0.2) is 114 Å². The summed E-state index contributed by atoms with van der Waals surface area (Å²) in [5.74, 6) is -4.70. The minimum absolute atomic E-state index is 0.0109. The number of hydrogen-bond acceptors (Lipinski definition) is 11. The molecule has 0 aliphatic heterocycles. The van der Waals surface area contributed by atoms with E-state index in [-0.39, 0.29) is 45.0 Å². The number of halogens is 3. The average molecular weight is 895 g/mol. The number of hydrogen-bond donors (Lipinski definition) is 1. The number of ether oxygens (including phenoxy) is 8. The summed E-state index contributed by atoms with van der Waals surface area (Å²) in [5, 5.41) is 0. The van der Waals surface area contributed by atoms with Gasteiger partial charge in [0.05, 0.1) is 0 Å². The van der Waals surface area contributed by atoms with Gasteiger partial charge in [-0.1, -0.05) is 36.4 Å². The van der Waals surface area contributed by atoms with E-state index in [0.29, 0.717) is 17.2 Å². The van der Waals surface area contributed by atoms with Gasteiger partial charge in [0.15, 0.2) is 17.4 Å². The second-order valence-electron chi connectivity index (χ2n) is 15.8. The van der Waals surface area contributed by atoms with Crippen molar-refractivity contribution in [2.24, 2.45) is 0 Å². The predicted octanol–water partition coefficient (Wildman–Crippen LogP) is 10.8. The Labute approximate surface area is 364 Å². The fourth-order valence-corrected chi connectivity index (χ4v) is 6.36. The molecule has 63 heavy (non-hydrogen) atoms. The Hall–Kier alpha value is -6.39. The van der Waals surface area contributed by atoms with Crippen LogP contribution in [0, 0.1) is 17.5 Å². The molecule has 0 spiro atoms. The van der Waals surface area contributed by atoms with E-state index in [0.717, 1.165) is 33.4 Å². The van der Waals surface area contributed by atoms with Crippen LogP contribution in [-0.4, -0.2) is 70.0 Å². The van der Waals surface area contributed by atoms with Crippen LogP contribution < -0.4 is 18.9 Å². The predicted molar refractivity (Wildman–Crippen MR) is 229 cm³/mol. The van der Waals surface area contributed by atoms with Gasteiger partial charge < -0.3 is 37.9 Å². The summed E-state index contributed by atoms with van der Waals surface area (Å²) in [4.78, 5) is 10.3. The second-order valence-corrected chi connectivity index (χ2v) is 17.2. The summed E-state index contributed by atoms with van der Waals surface area (Å²) in [6, 6.07) is 28.4. The Morgan fingerprint density at radius 3 is 1.32 bits per heavy atom. The topological polar surface area (TPSA) is 145 Å². The lowest BCUT2D eigenvalue weighted by Crippen LogP contribution is -2.25. The lowest BCUT2D eigenvalue weighted by atomic mass is 9.93. The summed E-state index contributed by atoms with van der Waals surface area (Å²) in [6.45, 7) is 14.8. The van der Waals surface area contributed by atoms with Crippen LogP contribution in [0.3, 0.4) is 0 Å². The SMILES string of the molecule is C=C(OCCOc1ccc(-c2cc(-c3ccc(OCCOC(=O)OC(C)(C)C)cc3)cc(-c3ccc(OCCOc4c(F)cc(S(=O)(=O)O)c(F)c4F)cc3)c2)cc1)OC(C)(C)C. The van der Waals surface area contributed by atoms with Gasteiger partial charge in [0.25, 0.3) is 16.1 Å². The summed E-state index contributed by atoms with van der Waals surface area (Å²) in [6.07, 6.45) is -0.772. The molecule has 0 unspecified atom stereocenters. The first-order valence-corrected chi connectivity index (χ1v) is 21.1. The van der Waals surface area contributed by atoms with Crippen LogP contribution in [0.25, 0.3) is 33.4 Å². The Morgan fingerprint density at radius 2 is 0.921 bits per heavy atom. The van der Waals surface area contributed by atoms with Gasteiger partial charge in [-0.2, -0.15) is 12.8 Å². The Morgan fingerprint density at radius 1 is 0.540 bits per heavy atom. The highest BCUT2D eigenvalue weighted by Gasteiger charge is 2.27. The van der Waals surface area contributed by atoms with Crippen LogP contribution in [0.5, 0.6) is 23.0 Å². The molecule has 5 aromatic rings. The number of benzene rings is 5. The monoisotopic (exact) mass is 894 g/mol. The molecule has 16 heteroatoms. The molecule has 0 atom stereocenters. The third-order valence-corrected chi connectivity index (χ3v) is 9.30. The van der Waals surface area contributed by atoms with Crippen LogP contribution in [0.4, 0.5) is 18.0 Å². The molecule has 0 fully saturated rings. The molecule has 5 aromatic carbocycles. The average Bonchev–Trinajstić information content (AvgIpc) is 3.21. The highest BCUT2D eigenvalue weighted by Crippen LogP contribution is 2.35. The van der Waals surface area contributed by atoms with Gasteiger partial charge >= 0.3 is 6.16 Å². The van der Waals surface area contributed by atoms with E-state index in [1.165, 1.54) is 0 Å². The molecular weight excluding hydrogens is 846 g/mol. The van der Waals surface area contributed by atoms with E-state index < -0.39 is 62.2 Å². The van der Waals surface area contributed by atoms with Crippen molar-refractivity contribution >= 4 is 16.3 Å². The maximum absolute atomic E-state index is 14.4. The highest BCUT2D eigenvalue weighted by atomic mass is 32.2. The maximum atomic E-state index is 14.4. The molecule has 0 amide bonds. The van der Waals surface area contributed by atoms with Gasteiger partial charge in [-0.3, -0.25) is 4.55 Å². The van der Waals surface area contributed by atoms with Gasteiger partial charge in [0.1, 0.15) is 73.0 Å². The molecular formula is C47H49F3O12S.